The summed E-state index contributed by atoms with van der Waals surface area (Å²) in [6.07, 6.45) is 1.63. The van der Waals surface area contributed by atoms with Gasteiger partial charge in [0.15, 0.2) is 23.9 Å². The third-order valence-corrected chi connectivity index (χ3v) is 3.56. The van der Waals surface area contributed by atoms with Crippen LogP contribution in [0.1, 0.15) is 11.4 Å². The molecule has 0 saturated carbocycles. The molecule has 4 rings (SSSR count). The van der Waals surface area contributed by atoms with Gasteiger partial charge in [-0.05, 0) is 13.0 Å². The zero-order valence-corrected chi connectivity index (χ0v) is 13.3. The topological polar surface area (TPSA) is 83.0 Å². The van der Waals surface area contributed by atoms with Crippen molar-refractivity contribution in [3.8, 4) is 17.3 Å². The van der Waals surface area contributed by atoms with Gasteiger partial charge in [0.2, 0.25) is 5.88 Å². The number of hydrogen-bond donors (Lipinski definition) is 0. The molecule has 0 atom stereocenters. The minimum Gasteiger partial charge on any atom is -0.468 e. The summed E-state index contributed by atoms with van der Waals surface area (Å²) in [6, 6.07) is 11.7. The summed E-state index contributed by atoms with van der Waals surface area (Å²) in [7, 11) is 1.81. The summed E-state index contributed by atoms with van der Waals surface area (Å²) in [5.41, 5.74) is 2.50. The van der Waals surface area contributed by atoms with E-state index in [1.54, 1.807) is 15.5 Å². The summed E-state index contributed by atoms with van der Waals surface area (Å²) in [4.78, 5) is 4.15. The van der Waals surface area contributed by atoms with E-state index in [0.29, 0.717) is 23.2 Å². The second kappa shape index (κ2) is 5.73. The smallest absolute Gasteiger partial charge is 0.235 e. The van der Waals surface area contributed by atoms with Gasteiger partial charge >= 0.3 is 0 Å². The van der Waals surface area contributed by atoms with Crippen LogP contribution in [0.2, 0.25) is 0 Å². The van der Waals surface area contributed by atoms with Gasteiger partial charge in [-0.1, -0.05) is 30.3 Å². The molecule has 0 fully saturated rings. The molecule has 0 aliphatic heterocycles. The second-order valence-electron chi connectivity index (χ2n) is 5.42. The predicted molar refractivity (Wildman–Crippen MR) is 86.3 cm³/mol. The molecule has 4 aromatic rings. The first-order valence-corrected chi connectivity index (χ1v) is 7.46. The highest BCUT2D eigenvalue weighted by atomic mass is 16.5. The number of ether oxygens (including phenoxy) is 1. The first-order valence-electron chi connectivity index (χ1n) is 7.46. The molecule has 3 heterocycles. The zero-order chi connectivity index (χ0) is 16.5. The molecule has 24 heavy (non-hydrogen) atoms. The first kappa shape index (κ1) is 14.3. The lowest BCUT2D eigenvalue weighted by atomic mass is 10.2. The molecular formula is C16H15N7O. The Balaban J connectivity index is 1.69. The fourth-order valence-electron chi connectivity index (χ4n) is 2.40. The number of aryl methyl sites for hydroxylation is 2. The monoisotopic (exact) mass is 321 g/mol. The number of nitrogens with zero attached hydrogens (tertiary/aromatic N) is 7. The Morgan fingerprint density at radius 1 is 1.08 bits per heavy atom. The van der Waals surface area contributed by atoms with Crippen molar-refractivity contribution in [1.82, 2.24) is 34.6 Å². The van der Waals surface area contributed by atoms with Crippen LogP contribution in [-0.2, 0) is 13.7 Å². The fraction of sp³-hybridized carbons (Fsp3) is 0.188. The Kier molecular flexibility index (Phi) is 3.42. The van der Waals surface area contributed by atoms with Crippen molar-refractivity contribution in [2.24, 2.45) is 7.05 Å². The van der Waals surface area contributed by atoms with E-state index in [1.165, 1.54) is 0 Å². The average molecular weight is 321 g/mol. The summed E-state index contributed by atoms with van der Waals surface area (Å²) >= 11 is 0. The molecule has 0 saturated heterocycles. The van der Waals surface area contributed by atoms with Gasteiger partial charge in [-0.3, -0.25) is 4.68 Å². The van der Waals surface area contributed by atoms with Gasteiger partial charge in [-0.2, -0.15) is 9.61 Å². The molecule has 0 unspecified atom stereocenters. The summed E-state index contributed by atoms with van der Waals surface area (Å²) < 4.78 is 9.10. The van der Waals surface area contributed by atoms with Gasteiger partial charge in [0.1, 0.15) is 6.33 Å². The van der Waals surface area contributed by atoms with Crippen LogP contribution in [0.15, 0.2) is 42.7 Å². The van der Waals surface area contributed by atoms with E-state index in [0.717, 1.165) is 11.1 Å². The molecule has 0 amide bonds. The van der Waals surface area contributed by atoms with Crippen molar-refractivity contribution in [1.29, 1.82) is 0 Å². The average Bonchev–Trinajstić information content (AvgIpc) is 3.19. The lowest BCUT2D eigenvalue weighted by Crippen LogP contribution is -2.05. The molecule has 120 valence electrons. The van der Waals surface area contributed by atoms with Crippen LogP contribution in [0.3, 0.4) is 0 Å². The van der Waals surface area contributed by atoms with E-state index < -0.39 is 0 Å². The normalized spacial score (nSPS) is 11.1. The molecule has 0 bridgehead atoms. The van der Waals surface area contributed by atoms with Gasteiger partial charge in [0.05, 0.1) is 0 Å². The maximum Gasteiger partial charge on any atom is 0.235 e. The second-order valence-corrected chi connectivity index (χ2v) is 5.42. The summed E-state index contributed by atoms with van der Waals surface area (Å²) in [5, 5.41) is 17.2. The molecule has 0 aliphatic carbocycles. The van der Waals surface area contributed by atoms with Gasteiger partial charge < -0.3 is 4.74 Å². The first-order chi connectivity index (χ1) is 11.7. The third kappa shape index (κ3) is 2.58. The molecule has 3 aromatic heterocycles. The maximum absolute atomic E-state index is 5.78. The highest BCUT2D eigenvalue weighted by molar-refractivity contribution is 5.59. The standard InChI is InChI=1S/C16H15N7O/c1-11-8-14-18-19-15(12-6-4-3-5-7-12)23(14)21-16(11)24-9-13-17-10-22(2)20-13/h3-8,10H,9H2,1-2H3. The van der Waals surface area contributed by atoms with Gasteiger partial charge in [-0.25, -0.2) is 4.98 Å². The SMILES string of the molecule is Cc1cc2nnc(-c3ccccc3)n2nc1OCc1ncn(C)n1. The Morgan fingerprint density at radius 2 is 1.92 bits per heavy atom. The Labute approximate surface area is 137 Å². The highest BCUT2D eigenvalue weighted by Crippen LogP contribution is 2.21. The van der Waals surface area contributed by atoms with E-state index in [1.807, 2.05) is 50.4 Å². The zero-order valence-electron chi connectivity index (χ0n) is 13.3. The number of rotatable bonds is 4. The molecule has 8 nitrogen and oxygen atoms in total. The highest BCUT2D eigenvalue weighted by Gasteiger charge is 2.13. The summed E-state index contributed by atoms with van der Waals surface area (Å²) in [5.74, 6) is 1.78. The van der Waals surface area contributed by atoms with Gasteiger partial charge in [-0.15, -0.1) is 15.3 Å². The van der Waals surface area contributed by atoms with Crippen LogP contribution < -0.4 is 4.74 Å². The van der Waals surface area contributed by atoms with Crippen molar-refractivity contribution >= 4 is 5.65 Å². The molecule has 0 aliphatic rings. The van der Waals surface area contributed by atoms with E-state index in [-0.39, 0.29) is 6.61 Å². The van der Waals surface area contributed by atoms with Crippen molar-refractivity contribution in [3.63, 3.8) is 0 Å². The van der Waals surface area contributed by atoms with Crippen LogP contribution >= 0.6 is 0 Å². The van der Waals surface area contributed by atoms with Crippen LogP contribution in [0, 0.1) is 6.92 Å². The minimum absolute atomic E-state index is 0.253. The number of fused-ring (bicyclic) bond motifs is 1. The Bertz CT molecular complexity index is 990. The number of benzene rings is 1. The molecule has 0 spiro atoms. The number of hydrogen-bond acceptors (Lipinski definition) is 6. The van der Waals surface area contributed by atoms with Crippen LogP contribution in [0.4, 0.5) is 0 Å². The predicted octanol–water partition coefficient (Wildman–Crippen LogP) is 1.81. The fourth-order valence-corrected chi connectivity index (χ4v) is 2.40. The lowest BCUT2D eigenvalue weighted by Gasteiger charge is -2.07. The Hall–Kier alpha value is -3.29. The van der Waals surface area contributed by atoms with Crippen LogP contribution in [0.25, 0.3) is 17.0 Å². The summed E-state index contributed by atoms with van der Waals surface area (Å²) in [6.45, 7) is 2.17. The molecule has 0 N–H and O–H groups in total. The van der Waals surface area contributed by atoms with E-state index in [9.17, 15) is 0 Å². The maximum atomic E-state index is 5.78. The van der Waals surface area contributed by atoms with Crippen molar-refractivity contribution < 1.29 is 4.74 Å². The molecular weight excluding hydrogens is 306 g/mol. The largest absolute Gasteiger partial charge is 0.468 e. The molecule has 8 heteroatoms. The molecule has 1 aromatic carbocycles. The van der Waals surface area contributed by atoms with Crippen molar-refractivity contribution in [2.45, 2.75) is 13.5 Å². The van der Waals surface area contributed by atoms with Crippen molar-refractivity contribution in [2.75, 3.05) is 0 Å². The Morgan fingerprint density at radius 3 is 2.67 bits per heavy atom. The van der Waals surface area contributed by atoms with Crippen LogP contribution in [0.5, 0.6) is 5.88 Å². The third-order valence-electron chi connectivity index (χ3n) is 3.56. The lowest BCUT2D eigenvalue weighted by molar-refractivity contribution is 0.277. The van der Waals surface area contributed by atoms with E-state index >= 15 is 0 Å². The molecule has 0 radical (unpaired) electrons. The van der Waals surface area contributed by atoms with Crippen LogP contribution in [-0.4, -0.2) is 34.6 Å². The van der Waals surface area contributed by atoms with E-state index in [2.05, 4.69) is 25.4 Å². The quantitative estimate of drug-likeness (QED) is 0.570. The van der Waals surface area contributed by atoms with E-state index in [4.69, 9.17) is 4.74 Å². The van der Waals surface area contributed by atoms with Gasteiger partial charge in [0.25, 0.3) is 0 Å². The van der Waals surface area contributed by atoms with Gasteiger partial charge in [0, 0.05) is 18.2 Å². The minimum atomic E-state index is 0.253. The number of aromatic nitrogens is 7. The van der Waals surface area contributed by atoms with Crippen molar-refractivity contribution in [3.05, 3.63) is 54.1 Å².